The summed E-state index contributed by atoms with van der Waals surface area (Å²) in [5.41, 5.74) is 4.99. The maximum absolute atomic E-state index is 12.4. The van der Waals surface area contributed by atoms with Crippen LogP contribution in [-0.4, -0.2) is 45.4 Å². The summed E-state index contributed by atoms with van der Waals surface area (Å²) < 4.78 is 35.9. The average molecular weight is 393 g/mol. The molecule has 2 rings (SSSR count). The molecule has 0 aliphatic carbocycles. The van der Waals surface area contributed by atoms with Crippen LogP contribution in [0.4, 0.5) is 0 Å². The van der Waals surface area contributed by atoms with E-state index in [9.17, 15) is 13.2 Å². The van der Waals surface area contributed by atoms with Crippen molar-refractivity contribution in [3.8, 4) is 11.5 Å². The second-order valence-corrected chi connectivity index (χ2v) is 8.47. The molecule has 3 N–H and O–H groups in total. The van der Waals surface area contributed by atoms with E-state index in [2.05, 4.69) is 5.32 Å². The molecule has 0 saturated heterocycles. The van der Waals surface area contributed by atoms with E-state index >= 15 is 0 Å². The molecule has 1 amide bonds. The van der Waals surface area contributed by atoms with E-state index < -0.39 is 15.4 Å². The fourth-order valence-corrected chi connectivity index (χ4v) is 3.42. The first-order valence-electron chi connectivity index (χ1n) is 7.87. The SMILES string of the molecule is CC(C)(CN)NC(=O)CCS(=O)(=O)c1ccc2c(c1)OCCCO2.Cl. The number of amides is 1. The van der Waals surface area contributed by atoms with Crippen LogP contribution in [0, 0.1) is 0 Å². The van der Waals surface area contributed by atoms with Gasteiger partial charge >= 0.3 is 0 Å². The van der Waals surface area contributed by atoms with Crippen LogP contribution in [0.5, 0.6) is 11.5 Å². The van der Waals surface area contributed by atoms with Crippen LogP contribution in [0.25, 0.3) is 0 Å². The van der Waals surface area contributed by atoms with Crippen molar-refractivity contribution in [2.45, 2.75) is 37.1 Å². The molecule has 0 aromatic heterocycles. The van der Waals surface area contributed by atoms with Crippen LogP contribution in [0.3, 0.4) is 0 Å². The second-order valence-electron chi connectivity index (χ2n) is 6.36. The molecular formula is C16H25ClN2O5S. The Kier molecular flexibility index (Phi) is 7.52. The number of nitrogens with two attached hydrogens (primary N) is 1. The van der Waals surface area contributed by atoms with Gasteiger partial charge in [-0.15, -0.1) is 12.4 Å². The molecule has 9 heteroatoms. The van der Waals surface area contributed by atoms with Gasteiger partial charge in [0.15, 0.2) is 21.3 Å². The number of ether oxygens (including phenoxy) is 2. The molecule has 1 aromatic rings. The van der Waals surface area contributed by atoms with E-state index in [1.165, 1.54) is 12.1 Å². The molecule has 1 heterocycles. The lowest BCUT2D eigenvalue weighted by Gasteiger charge is -2.24. The smallest absolute Gasteiger partial charge is 0.221 e. The Morgan fingerprint density at radius 1 is 1.24 bits per heavy atom. The highest BCUT2D eigenvalue weighted by molar-refractivity contribution is 7.91. The minimum Gasteiger partial charge on any atom is -0.490 e. The summed E-state index contributed by atoms with van der Waals surface area (Å²) in [4.78, 5) is 12.0. The van der Waals surface area contributed by atoms with Crippen LogP contribution in [0.15, 0.2) is 23.1 Å². The zero-order chi connectivity index (χ0) is 17.8. The number of fused-ring (bicyclic) bond motifs is 1. The molecule has 7 nitrogen and oxygen atoms in total. The quantitative estimate of drug-likeness (QED) is 0.755. The molecule has 1 aliphatic rings. The van der Waals surface area contributed by atoms with Gasteiger partial charge in [0.05, 0.1) is 23.9 Å². The predicted octanol–water partition coefficient (Wildman–Crippen LogP) is 1.29. The van der Waals surface area contributed by atoms with Crippen LogP contribution < -0.4 is 20.5 Å². The van der Waals surface area contributed by atoms with E-state index in [1.54, 1.807) is 19.9 Å². The van der Waals surface area contributed by atoms with Gasteiger partial charge in [-0.1, -0.05) is 0 Å². The largest absolute Gasteiger partial charge is 0.490 e. The van der Waals surface area contributed by atoms with Crippen molar-refractivity contribution in [1.82, 2.24) is 5.32 Å². The van der Waals surface area contributed by atoms with Crippen LogP contribution in [-0.2, 0) is 14.6 Å². The third kappa shape index (κ3) is 6.05. The minimum absolute atomic E-state index is 0. The molecule has 0 spiro atoms. The topological polar surface area (TPSA) is 108 Å². The molecule has 0 radical (unpaired) electrons. The van der Waals surface area contributed by atoms with Gasteiger partial charge in [-0.25, -0.2) is 8.42 Å². The van der Waals surface area contributed by atoms with Crippen molar-refractivity contribution in [3.63, 3.8) is 0 Å². The summed E-state index contributed by atoms with van der Waals surface area (Å²) in [5, 5.41) is 2.72. The van der Waals surface area contributed by atoms with Gasteiger partial charge < -0.3 is 20.5 Å². The first-order chi connectivity index (χ1) is 11.2. The normalized spacial score (nSPS) is 14.2. The van der Waals surface area contributed by atoms with Crippen molar-refractivity contribution >= 4 is 28.2 Å². The monoisotopic (exact) mass is 392 g/mol. The van der Waals surface area contributed by atoms with Crippen molar-refractivity contribution in [1.29, 1.82) is 0 Å². The molecule has 142 valence electrons. The van der Waals surface area contributed by atoms with Gasteiger partial charge in [-0.05, 0) is 26.0 Å². The third-order valence-electron chi connectivity index (χ3n) is 3.66. The number of nitrogens with one attached hydrogen (secondary N) is 1. The highest BCUT2D eigenvalue weighted by Gasteiger charge is 2.22. The molecule has 0 saturated carbocycles. The standard InChI is InChI=1S/C16H24N2O5S.ClH/c1-16(2,11-17)18-15(19)6-9-24(20,21)12-4-5-13-14(10-12)23-8-3-7-22-13;/h4-5,10H,3,6-9,11,17H2,1-2H3,(H,18,19);1H. The number of hydrogen-bond donors (Lipinski definition) is 2. The highest BCUT2D eigenvalue weighted by Crippen LogP contribution is 2.32. The van der Waals surface area contributed by atoms with Crippen LogP contribution >= 0.6 is 12.4 Å². The minimum atomic E-state index is -3.59. The maximum Gasteiger partial charge on any atom is 0.221 e. The van der Waals surface area contributed by atoms with Gasteiger partial charge in [0.2, 0.25) is 5.91 Å². The highest BCUT2D eigenvalue weighted by atomic mass is 35.5. The molecule has 0 atom stereocenters. The predicted molar refractivity (Wildman–Crippen MR) is 97.2 cm³/mol. The summed E-state index contributed by atoms with van der Waals surface area (Å²) in [6.07, 6.45) is 0.619. The zero-order valence-corrected chi connectivity index (χ0v) is 16.0. The molecular weight excluding hydrogens is 368 g/mol. The Morgan fingerprint density at radius 2 is 1.88 bits per heavy atom. The Hall–Kier alpha value is -1.51. The van der Waals surface area contributed by atoms with Crippen molar-refractivity contribution in [2.75, 3.05) is 25.5 Å². The average Bonchev–Trinajstić information content (AvgIpc) is 2.77. The van der Waals surface area contributed by atoms with Crippen molar-refractivity contribution < 1.29 is 22.7 Å². The summed E-state index contributed by atoms with van der Waals surface area (Å²) >= 11 is 0. The lowest BCUT2D eigenvalue weighted by molar-refractivity contribution is -0.122. The summed E-state index contributed by atoms with van der Waals surface area (Å²) in [6.45, 7) is 4.85. The third-order valence-corrected chi connectivity index (χ3v) is 5.38. The van der Waals surface area contributed by atoms with Gasteiger partial charge in [-0.2, -0.15) is 0 Å². The first-order valence-corrected chi connectivity index (χ1v) is 9.52. The molecule has 1 aliphatic heterocycles. The first kappa shape index (κ1) is 21.5. The fraction of sp³-hybridized carbons (Fsp3) is 0.562. The van der Waals surface area contributed by atoms with Crippen molar-refractivity contribution in [3.05, 3.63) is 18.2 Å². The summed E-state index contributed by atoms with van der Waals surface area (Å²) in [5.74, 6) is 0.332. The zero-order valence-electron chi connectivity index (χ0n) is 14.4. The number of sulfone groups is 1. The summed E-state index contributed by atoms with van der Waals surface area (Å²) in [7, 11) is -3.59. The molecule has 0 fully saturated rings. The number of hydrogen-bond acceptors (Lipinski definition) is 6. The number of halogens is 1. The van der Waals surface area contributed by atoms with Crippen molar-refractivity contribution in [2.24, 2.45) is 5.73 Å². The second kappa shape index (κ2) is 8.73. The Bertz CT molecular complexity index is 706. The lowest BCUT2D eigenvalue weighted by Crippen LogP contribution is -2.49. The van der Waals surface area contributed by atoms with E-state index in [4.69, 9.17) is 15.2 Å². The van der Waals surface area contributed by atoms with Gasteiger partial charge in [-0.3, -0.25) is 4.79 Å². The van der Waals surface area contributed by atoms with E-state index in [0.29, 0.717) is 24.7 Å². The maximum atomic E-state index is 12.4. The molecule has 1 aromatic carbocycles. The lowest BCUT2D eigenvalue weighted by atomic mass is 10.1. The Labute approximate surface area is 154 Å². The summed E-state index contributed by atoms with van der Waals surface area (Å²) in [6, 6.07) is 4.52. The van der Waals surface area contributed by atoms with E-state index in [-0.39, 0.29) is 41.9 Å². The van der Waals surface area contributed by atoms with Crippen LogP contribution in [0.1, 0.15) is 26.7 Å². The van der Waals surface area contributed by atoms with Gasteiger partial charge in [0, 0.05) is 31.0 Å². The molecule has 25 heavy (non-hydrogen) atoms. The fourth-order valence-electron chi connectivity index (χ4n) is 2.17. The molecule has 0 unspecified atom stereocenters. The van der Waals surface area contributed by atoms with Gasteiger partial charge in [0.25, 0.3) is 0 Å². The van der Waals surface area contributed by atoms with Crippen LogP contribution in [0.2, 0.25) is 0 Å². The number of rotatable bonds is 6. The van der Waals surface area contributed by atoms with E-state index in [1.807, 2.05) is 0 Å². The molecule has 0 bridgehead atoms. The number of benzene rings is 1. The van der Waals surface area contributed by atoms with E-state index in [0.717, 1.165) is 6.42 Å². The van der Waals surface area contributed by atoms with Gasteiger partial charge in [0.1, 0.15) is 0 Å². The Morgan fingerprint density at radius 3 is 2.52 bits per heavy atom. The Balaban J connectivity index is 0.00000312. The number of carbonyl (C=O) groups excluding carboxylic acids is 1. The number of carbonyl (C=O) groups is 1.